The molecule has 0 aliphatic heterocycles. The fourth-order valence-electron chi connectivity index (χ4n) is 3.16. The molecule has 1 atom stereocenters. The Labute approximate surface area is 118 Å². The van der Waals surface area contributed by atoms with E-state index in [-0.39, 0.29) is 0 Å². The van der Waals surface area contributed by atoms with Crippen LogP contribution >= 0.6 is 0 Å². The maximum absolute atomic E-state index is 12.5. The summed E-state index contributed by atoms with van der Waals surface area (Å²) in [6.45, 7) is 0. The van der Waals surface area contributed by atoms with E-state index in [2.05, 4.69) is 5.32 Å². The highest BCUT2D eigenvalue weighted by molar-refractivity contribution is 5.24. The standard InChI is InChI=1S/C16H22F3N/c1-20-15(13-4-2-3-5-13)11-8-12-6-9-14(10-7-12)16(17,18)19/h6-7,9-10,13,15,20H,2-5,8,11H2,1H3. The molecule has 112 valence electrons. The number of rotatable bonds is 5. The van der Waals surface area contributed by atoms with Crippen LogP contribution < -0.4 is 5.32 Å². The summed E-state index contributed by atoms with van der Waals surface area (Å²) in [6.07, 6.45) is 2.76. The molecule has 0 radical (unpaired) electrons. The van der Waals surface area contributed by atoms with Crippen LogP contribution in [0.5, 0.6) is 0 Å². The summed E-state index contributed by atoms with van der Waals surface area (Å²) < 4.78 is 37.4. The average Bonchev–Trinajstić information content (AvgIpc) is 2.93. The van der Waals surface area contributed by atoms with Crippen molar-refractivity contribution in [2.45, 2.75) is 50.7 Å². The minimum absolute atomic E-state index is 0.486. The zero-order valence-electron chi connectivity index (χ0n) is 11.8. The second-order valence-electron chi connectivity index (χ2n) is 5.67. The van der Waals surface area contributed by atoms with Crippen molar-refractivity contribution in [3.05, 3.63) is 35.4 Å². The van der Waals surface area contributed by atoms with Crippen molar-refractivity contribution in [3.63, 3.8) is 0 Å². The lowest BCUT2D eigenvalue weighted by Gasteiger charge is -2.23. The van der Waals surface area contributed by atoms with Crippen molar-refractivity contribution in [1.29, 1.82) is 0 Å². The lowest BCUT2D eigenvalue weighted by atomic mass is 9.92. The number of aryl methyl sites for hydroxylation is 1. The molecule has 1 aromatic carbocycles. The monoisotopic (exact) mass is 285 g/mol. The van der Waals surface area contributed by atoms with E-state index >= 15 is 0 Å². The third-order valence-electron chi connectivity index (χ3n) is 4.36. The molecule has 20 heavy (non-hydrogen) atoms. The highest BCUT2D eigenvalue weighted by Crippen LogP contribution is 2.31. The van der Waals surface area contributed by atoms with Gasteiger partial charge in [-0.05, 0) is 56.3 Å². The molecule has 1 saturated carbocycles. The normalized spacial score (nSPS) is 18.4. The van der Waals surface area contributed by atoms with Gasteiger partial charge in [-0.25, -0.2) is 0 Å². The molecule has 1 aliphatic carbocycles. The maximum atomic E-state index is 12.5. The van der Waals surface area contributed by atoms with Crippen LogP contribution in [-0.2, 0) is 12.6 Å². The molecule has 0 amide bonds. The van der Waals surface area contributed by atoms with Crippen LogP contribution in [0.4, 0.5) is 13.2 Å². The highest BCUT2D eigenvalue weighted by Gasteiger charge is 2.30. The lowest BCUT2D eigenvalue weighted by molar-refractivity contribution is -0.137. The Balaban J connectivity index is 1.89. The number of nitrogens with one attached hydrogen (secondary N) is 1. The SMILES string of the molecule is CNC(CCc1ccc(C(F)(F)F)cc1)C1CCCC1. The second-order valence-corrected chi connectivity index (χ2v) is 5.67. The van der Waals surface area contributed by atoms with Gasteiger partial charge >= 0.3 is 6.18 Å². The van der Waals surface area contributed by atoms with Gasteiger partial charge in [0.05, 0.1) is 5.56 Å². The van der Waals surface area contributed by atoms with Crippen molar-refractivity contribution in [1.82, 2.24) is 5.32 Å². The van der Waals surface area contributed by atoms with Crippen molar-refractivity contribution >= 4 is 0 Å². The highest BCUT2D eigenvalue weighted by atomic mass is 19.4. The van der Waals surface area contributed by atoms with Gasteiger partial charge in [0, 0.05) is 6.04 Å². The van der Waals surface area contributed by atoms with Gasteiger partial charge in [0.2, 0.25) is 0 Å². The Hall–Kier alpha value is -1.03. The summed E-state index contributed by atoms with van der Waals surface area (Å²) in [6, 6.07) is 6.05. The molecule has 1 aromatic rings. The lowest BCUT2D eigenvalue weighted by Crippen LogP contribution is -2.32. The molecular weight excluding hydrogens is 263 g/mol. The zero-order valence-corrected chi connectivity index (χ0v) is 11.8. The van der Waals surface area contributed by atoms with E-state index in [0.29, 0.717) is 6.04 Å². The van der Waals surface area contributed by atoms with Crippen LogP contribution in [0.25, 0.3) is 0 Å². The Morgan fingerprint density at radius 1 is 1.15 bits per heavy atom. The van der Waals surface area contributed by atoms with Gasteiger partial charge in [-0.15, -0.1) is 0 Å². The fraction of sp³-hybridized carbons (Fsp3) is 0.625. The number of halogens is 3. The number of benzene rings is 1. The molecule has 4 heteroatoms. The first-order valence-corrected chi connectivity index (χ1v) is 7.34. The van der Waals surface area contributed by atoms with E-state index in [1.165, 1.54) is 37.8 Å². The van der Waals surface area contributed by atoms with Crippen molar-refractivity contribution in [2.75, 3.05) is 7.05 Å². The number of hydrogen-bond acceptors (Lipinski definition) is 1. The van der Waals surface area contributed by atoms with Crippen LogP contribution in [0.15, 0.2) is 24.3 Å². The third-order valence-corrected chi connectivity index (χ3v) is 4.36. The Morgan fingerprint density at radius 3 is 2.25 bits per heavy atom. The van der Waals surface area contributed by atoms with Gasteiger partial charge in [0.15, 0.2) is 0 Å². The summed E-state index contributed by atoms with van der Waals surface area (Å²) >= 11 is 0. The Bertz CT molecular complexity index is 405. The largest absolute Gasteiger partial charge is 0.416 e. The van der Waals surface area contributed by atoms with Gasteiger partial charge in [-0.1, -0.05) is 25.0 Å². The van der Waals surface area contributed by atoms with Crippen LogP contribution in [0.1, 0.15) is 43.2 Å². The molecule has 1 nitrogen and oxygen atoms in total. The van der Waals surface area contributed by atoms with Gasteiger partial charge in [0.25, 0.3) is 0 Å². The second kappa shape index (κ2) is 6.61. The van der Waals surface area contributed by atoms with E-state index in [4.69, 9.17) is 0 Å². The van der Waals surface area contributed by atoms with Gasteiger partial charge in [-0.3, -0.25) is 0 Å². The molecular formula is C16H22F3N. The predicted molar refractivity (Wildman–Crippen MR) is 74.6 cm³/mol. The van der Waals surface area contributed by atoms with Crippen LogP contribution in [-0.4, -0.2) is 13.1 Å². The molecule has 0 saturated heterocycles. The van der Waals surface area contributed by atoms with Crippen molar-refractivity contribution in [2.24, 2.45) is 5.92 Å². The van der Waals surface area contributed by atoms with E-state index in [9.17, 15) is 13.2 Å². The quantitative estimate of drug-likeness (QED) is 0.844. The first kappa shape index (κ1) is 15.4. The minimum atomic E-state index is -4.24. The Morgan fingerprint density at radius 2 is 1.75 bits per heavy atom. The van der Waals surface area contributed by atoms with E-state index in [1.54, 1.807) is 12.1 Å². The molecule has 2 rings (SSSR count). The zero-order chi connectivity index (χ0) is 14.6. The van der Waals surface area contributed by atoms with Gasteiger partial charge < -0.3 is 5.32 Å². The van der Waals surface area contributed by atoms with Crippen LogP contribution in [0, 0.1) is 5.92 Å². The predicted octanol–water partition coefficient (Wildman–Crippen LogP) is 4.42. The number of hydrogen-bond donors (Lipinski definition) is 1. The average molecular weight is 285 g/mol. The van der Waals surface area contributed by atoms with E-state index in [1.807, 2.05) is 7.05 Å². The summed E-state index contributed by atoms with van der Waals surface area (Å²) in [7, 11) is 1.98. The first-order chi connectivity index (χ1) is 9.50. The van der Waals surface area contributed by atoms with Gasteiger partial charge in [0.1, 0.15) is 0 Å². The summed E-state index contributed by atoms with van der Waals surface area (Å²) in [5, 5.41) is 3.37. The molecule has 1 N–H and O–H groups in total. The topological polar surface area (TPSA) is 12.0 Å². The molecule has 0 bridgehead atoms. The molecule has 1 unspecified atom stereocenters. The fourth-order valence-corrected chi connectivity index (χ4v) is 3.16. The molecule has 0 aromatic heterocycles. The molecule has 1 aliphatic rings. The Kier molecular flexibility index (Phi) is 5.08. The summed E-state index contributed by atoms with van der Waals surface area (Å²) in [5.41, 5.74) is 0.415. The molecule has 0 spiro atoms. The van der Waals surface area contributed by atoms with E-state index < -0.39 is 11.7 Å². The van der Waals surface area contributed by atoms with Crippen molar-refractivity contribution < 1.29 is 13.2 Å². The number of alkyl halides is 3. The molecule has 0 heterocycles. The summed E-state index contributed by atoms with van der Waals surface area (Å²) in [5.74, 6) is 0.731. The summed E-state index contributed by atoms with van der Waals surface area (Å²) in [4.78, 5) is 0. The minimum Gasteiger partial charge on any atom is -0.317 e. The van der Waals surface area contributed by atoms with Gasteiger partial charge in [-0.2, -0.15) is 13.2 Å². The van der Waals surface area contributed by atoms with Crippen LogP contribution in [0.2, 0.25) is 0 Å². The molecule has 1 fully saturated rings. The maximum Gasteiger partial charge on any atom is 0.416 e. The van der Waals surface area contributed by atoms with Crippen molar-refractivity contribution in [3.8, 4) is 0 Å². The first-order valence-electron chi connectivity index (χ1n) is 7.34. The van der Waals surface area contributed by atoms with E-state index in [0.717, 1.165) is 24.3 Å². The third kappa shape index (κ3) is 3.98. The smallest absolute Gasteiger partial charge is 0.317 e. The van der Waals surface area contributed by atoms with Crippen LogP contribution in [0.3, 0.4) is 0 Å².